The molecule has 1 aliphatic rings. The van der Waals surface area contributed by atoms with Crippen molar-refractivity contribution in [3.05, 3.63) is 46.5 Å². The summed E-state index contributed by atoms with van der Waals surface area (Å²) in [5.41, 5.74) is 1.59. The fourth-order valence-corrected chi connectivity index (χ4v) is 2.25. The van der Waals surface area contributed by atoms with E-state index in [4.69, 9.17) is 11.6 Å². The van der Waals surface area contributed by atoms with Gasteiger partial charge in [0.2, 0.25) is 0 Å². The number of halogens is 2. The minimum absolute atomic E-state index is 0.149. The van der Waals surface area contributed by atoms with Gasteiger partial charge < -0.3 is 5.32 Å². The van der Waals surface area contributed by atoms with Gasteiger partial charge in [0.25, 0.3) is 0 Å². The molecule has 0 bridgehead atoms. The van der Waals surface area contributed by atoms with Gasteiger partial charge in [-0.25, -0.2) is 9.07 Å². The summed E-state index contributed by atoms with van der Waals surface area (Å²) in [6.07, 6.45) is 4.52. The van der Waals surface area contributed by atoms with Crippen LogP contribution in [0.1, 0.15) is 24.1 Å². The molecule has 20 heavy (non-hydrogen) atoms. The van der Waals surface area contributed by atoms with Gasteiger partial charge in [0.1, 0.15) is 5.82 Å². The number of nitrogens with zero attached hydrogens (tertiary/aromatic N) is 3. The monoisotopic (exact) mass is 294 g/mol. The molecule has 1 saturated carbocycles. The van der Waals surface area contributed by atoms with Crippen molar-refractivity contribution < 1.29 is 4.39 Å². The lowest BCUT2D eigenvalue weighted by atomic mass is 10.2. The number of nitrogens with one attached hydrogen (secondary N) is 1. The average molecular weight is 295 g/mol. The fourth-order valence-electron chi connectivity index (χ4n) is 2.07. The van der Waals surface area contributed by atoms with Gasteiger partial charge in [-0.05, 0) is 36.9 Å². The Labute approximate surface area is 121 Å². The Bertz CT molecular complexity index is 595. The van der Waals surface area contributed by atoms with Crippen LogP contribution in [0.2, 0.25) is 5.02 Å². The molecule has 106 valence electrons. The van der Waals surface area contributed by atoms with E-state index in [2.05, 4.69) is 15.6 Å². The van der Waals surface area contributed by atoms with Crippen LogP contribution >= 0.6 is 11.6 Å². The van der Waals surface area contributed by atoms with E-state index in [1.807, 2.05) is 6.20 Å². The second-order valence-electron chi connectivity index (χ2n) is 5.19. The first-order valence-electron chi connectivity index (χ1n) is 6.75. The van der Waals surface area contributed by atoms with E-state index >= 15 is 0 Å². The fraction of sp³-hybridized carbons (Fsp3) is 0.429. The van der Waals surface area contributed by atoms with Crippen molar-refractivity contribution in [3.63, 3.8) is 0 Å². The van der Waals surface area contributed by atoms with Crippen LogP contribution in [0, 0.1) is 11.7 Å². The highest BCUT2D eigenvalue weighted by Gasteiger charge is 2.20. The molecule has 6 heteroatoms. The van der Waals surface area contributed by atoms with Crippen LogP contribution in [0.3, 0.4) is 0 Å². The molecule has 2 aromatic rings. The third-order valence-electron chi connectivity index (χ3n) is 3.39. The van der Waals surface area contributed by atoms with Gasteiger partial charge in [0.15, 0.2) is 0 Å². The predicted octanol–water partition coefficient (Wildman–Crippen LogP) is 2.62. The van der Waals surface area contributed by atoms with Crippen LogP contribution in [0.5, 0.6) is 0 Å². The molecule has 1 heterocycles. The van der Waals surface area contributed by atoms with E-state index in [0.717, 1.165) is 18.2 Å². The third-order valence-corrected chi connectivity index (χ3v) is 3.81. The Kier molecular flexibility index (Phi) is 3.98. The van der Waals surface area contributed by atoms with Crippen molar-refractivity contribution in [3.8, 4) is 0 Å². The van der Waals surface area contributed by atoms with E-state index in [9.17, 15) is 4.39 Å². The summed E-state index contributed by atoms with van der Waals surface area (Å²) >= 11 is 5.93. The number of benzene rings is 1. The summed E-state index contributed by atoms with van der Waals surface area (Å²) in [7, 11) is 0. The minimum Gasteiger partial charge on any atom is -0.311 e. The second kappa shape index (κ2) is 5.89. The molecule has 0 unspecified atom stereocenters. The first-order valence-corrected chi connectivity index (χ1v) is 7.13. The predicted molar refractivity (Wildman–Crippen MR) is 75.0 cm³/mol. The topological polar surface area (TPSA) is 42.7 Å². The Balaban J connectivity index is 1.59. The molecule has 3 rings (SSSR count). The molecule has 1 fully saturated rings. The normalized spacial score (nSPS) is 14.7. The van der Waals surface area contributed by atoms with E-state index in [0.29, 0.717) is 18.7 Å². The zero-order valence-electron chi connectivity index (χ0n) is 11.0. The minimum atomic E-state index is -0.407. The van der Waals surface area contributed by atoms with Crippen LogP contribution in [0.4, 0.5) is 4.39 Å². The smallest absolute Gasteiger partial charge is 0.142 e. The van der Waals surface area contributed by atoms with Gasteiger partial charge in [0, 0.05) is 6.54 Å². The van der Waals surface area contributed by atoms with Crippen LogP contribution in [0.15, 0.2) is 24.4 Å². The van der Waals surface area contributed by atoms with Crippen molar-refractivity contribution in [2.45, 2.75) is 25.9 Å². The summed E-state index contributed by atoms with van der Waals surface area (Å²) in [5, 5.41) is 11.6. The molecule has 0 aliphatic heterocycles. The molecule has 1 N–H and O–H groups in total. The van der Waals surface area contributed by atoms with Gasteiger partial charge in [-0.2, -0.15) is 0 Å². The Morgan fingerprint density at radius 2 is 2.25 bits per heavy atom. The first-order chi connectivity index (χ1) is 9.72. The maximum Gasteiger partial charge on any atom is 0.142 e. The molecule has 0 saturated heterocycles. The van der Waals surface area contributed by atoms with Crippen molar-refractivity contribution in [1.29, 1.82) is 0 Å². The summed E-state index contributed by atoms with van der Waals surface area (Å²) < 4.78 is 15.0. The Hall–Kier alpha value is -1.46. The van der Waals surface area contributed by atoms with Gasteiger partial charge in [0.05, 0.1) is 23.5 Å². The molecule has 0 amide bonds. The average Bonchev–Trinajstić information content (AvgIpc) is 3.15. The van der Waals surface area contributed by atoms with Gasteiger partial charge in [-0.3, -0.25) is 0 Å². The SMILES string of the molecule is Fc1cccc(Cn2cc(CNCC3CC3)nn2)c1Cl. The van der Waals surface area contributed by atoms with E-state index < -0.39 is 5.82 Å². The number of hydrogen-bond acceptors (Lipinski definition) is 3. The van der Waals surface area contributed by atoms with E-state index in [-0.39, 0.29) is 5.02 Å². The van der Waals surface area contributed by atoms with Crippen molar-refractivity contribution in [2.75, 3.05) is 6.54 Å². The highest BCUT2D eigenvalue weighted by molar-refractivity contribution is 6.31. The van der Waals surface area contributed by atoms with Crippen LogP contribution in [0.25, 0.3) is 0 Å². The van der Waals surface area contributed by atoms with Crippen LogP contribution < -0.4 is 5.32 Å². The molecule has 0 atom stereocenters. The lowest BCUT2D eigenvalue weighted by Gasteiger charge is -2.04. The van der Waals surface area contributed by atoms with Gasteiger partial charge in [-0.1, -0.05) is 28.9 Å². The standard InChI is InChI=1S/C14H16ClFN4/c15-14-11(2-1-3-13(14)16)8-20-9-12(18-19-20)7-17-6-10-4-5-10/h1-3,9-10,17H,4-8H2. The number of hydrogen-bond donors (Lipinski definition) is 1. The highest BCUT2D eigenvalue weighted by atomic mass is 35.5. The maximum atomic E-state index is 13.3. The lowest BCUT2D eigenvalue weighted by molar-refractivity contribution is 0.614. The molecule has 1 aromatic carbocycles. The van der Waals surface area contributed by atoms with E-state index in [1.54, 1.807) is 16.8 Å². The second-order valence-corrected chi connectivity index (χ2v) is 5.57. The highest BCUT2D eigenvalue weighted by Crippen LogP contribution is 2.27. The van der Waals surface area contributed by atoms with Gasteiger partial charge >= 0.3 is 0 Å². The zero-order valence-corrected chi connectivity index (χ0v) is 11.8. The molecule has 1 aromatic heterocycles. The van der Waals surface area contributed by atoms with Crippen LogP contribution in [-0.4, -0.2) is 21.5 Å². The van der Waals surface area contributed by atoms with Crippen molar-refractivity contribution in [2.24, 2.45) is 5.92 Å². The molecular formula is C14H16ClFN4. The Morgan fingerprint density at radius 1 is 1.40 bits per heavy atom. The molecule has 0 radical (unpaired) electrons. The largest absolute Gasteiger partial charge is 0.311 e. The molecule has 4 nitrogen and oxygen atoms in total. The van der Waals surface area contributed by atoms with Gasteiger partial charge in [-0.15, -0.1) is 5.10 Å². The zero-order chi connectivity index (χ0) is 13.9. The third kappa shape index (κ3) is 3.35. The Morgan fingerprint density at radius 3 is 3.05 bits per heavy atom. The summed E-state index contributed by atoms with van der Waals surface area (Å²) in [5.74, 6) is 0.437. The van der Waals surface area contributed by atoms with Crippen LogP contribution in [-0.2, 0) is 13.1 Å². The number of aromatic nitrogens is 3. The van der Waals surface area contributed by atoms with Crippen molar-refractivity contribution >= 4 is 11.6 Å². The summed E-state index contributed by atoms with van der Waals surface area (Å²) in [6.45, 7) is 2.18. The quantitative estimate of drug-likeness (QED) is 0.890. The molecule has 0 spiro atoms. The summed E-state index contributed by atoms with van der Waals surface area (Å²) in [4.78, 5) is 0. The van der Waals surface area contributed by atoms with Crippen molar-refractivity contribution in [1.82, 2.24) is 20.3 Å². The number of rotatable bonds is 6. The summed E-state index contributed by atoms with van der Waals surface area (Å²) in [6, 6.07) is 4.78. The molecule has 1 aliphatic carbocycles. The lowest BCUT2D eigenvalue weighted by Crippen LogP contribution is -2.16. The molecular weight excluding hydrogens is 279 g/mol. The maximum absolute atomic E-state index is 13.3. The first kappa shape index (κ1) is 13.5. The van der Waals surface area contributed by atoms with E-state index in [1.165, 1.54) is 18.9 Å².